The van der Waals surface area contributed by atoms with Gasteiger partial charge in [0.15, 0.2) is 5.72 Å². The van der Waals surface area contributed by atoms with Gasteiger partial charge in [0.2, 0.25) is 0 Å². The van der Waals surface area contributed by atoms with Gasteiger partial charge >= 0.3 is 6.03 Å². The van der Waals surface area contributed by atoms with Crippen LogP contribution in [0.2, 0.25) is 0 Å². The van der Waals surface area contributed by atoms with Crippen LogP contribution in [0.25, 0.3) is 0 Å². The summed E-state index contributed by atoms with van der Waals surface area (Å²) in [5, 5.41) is 0. The Labute approximate surface area is 186 Å². The number of aryl methyl sites for hydroxylation is 1. The molecule has 0 N–H and O–H groups in total. The molecule has 1 fully saturated rings. The van der Waals surface area contributed by atoms with E-state index in [-0.39, 0.29) is 5.56 Å². The Morgan fingerprint density at radius 2 is 1.84 bits per heavy atom. The number of rotatable bonds is 3. The highest BCUT2D eigenvalue weighted by Gasteiger charge is 2.55. The Bertz CT molecular complexity index is 1210. The molecule has 5 nitrogen and oxygen atoms in total. The molecule has 2 aliphatic heterocycles. The van der Waals surface area contributed by atoms with Crippen molar-refractivity contribution >= 4 is 17.6 Å². The van der Waals surface area contributed by atoms with Gasteiger partial charge in [-0.05, 0) is 61.4 Å². The molecular formula is C26H23FN2O3. The normalized spacial score (nSPS) is 21.7. The summed E-state index contributed by atoms with van der Waals surface area (Å²) in [4.78, 5) is 30.3. The number of ether oxygens (including phenoxy) is 1. The topological polar surface area (TPSA) is 49.9 Å². The van der Waals surface area contributed by atoms with Crippen molar-refractivity contribution in [3.8, 4) is 5.75 Å². The highest BCUT2D eigenvalue weighted by molar-refractivity contribution is 6.10. The molecule has 0 saturated carbocycles. The SMILES string of the molecule is CCc1cccc(N2C(=O)N(C(=O)c3ccc(F)cc3)[C@@H]3C[C@@]2(C)Oc2ccccc23)c1. The molecule has 5 rings (SSSR count). The molecule has 0 aromatic heterocycles. The average Bonchev–Trinajstić information content (AvgIpc) is 2.79. The molecular weight excluding hydrogens is 407 g/mol. The number of benzene rings is 3. The molecule has 2 atom stereocenters. The van der Waals surface area contributed by atoms with E-state index in [1.807, 2.05) is 62.4 Å². The first kappa shape index (κ1) is 20.2. The number of fused-ring (bicyclic) bond motifs is 4. The molecule has 0 aliphatic carbocycles. The Hall–Kier alpha value is -3.67. The zero-order valence-corrected chi connectivity index (χ0v) is 17.9. The lowest BCUT2D eigenvalue weighted by Gasteiger charge is -2.53. The highest BCUT2D eigenvalue weighted by Crippen LogP contribution is 2.49. The minimum Gasteiger partial charge on any atom is -0.467 e. The summed E-state index contributed by atoms with van der Waals surface area (Å²) in [5.74, 6) is -0.254. The summed E-state index contributed by atoms with van der Waals surface area (Å²) < 4.78 is 19.8. The number of nitrogens with zero attached hydrogens (tertiary/aromatic N) is 2. The number of carbonyl (C=O) groups excluding carboxylic acids is 2. The molecule has 0 radical (unpaired) electrons. The van der Waals surface area contributed by atoms with Crippen LogP contribution in [0.1, 0.15) is 47.8 Å². The van der Waals surface area contributed by atoms with E-state index in [0.717, 1.165) is 17.5 Å². The molecule has 2 heterocycles. The molecule has 32 heavy (non-hydrogen) atoms. The van der Waals surface area contributed by atoms with Gasteiger partial charge in [-0.2, -0.15) is 0 Å². The maximum atomic E-state index is 13.9. The number of amides is 3. The lowest BCUT2D eigenvalue weighted by molar-refractivity contribution is 0.00268. The van der Waals surface area contributed by atoms with Gasteiger partial charge in [-0.15, -0.1) is 0 Å². The molecule has 162 valence electrons. The van der Waals surface area contributed by atoms with Gasteiger partial charge in [-0.3, -0.25) is 14.6 Å². The van der Waals surface area contributed by atoms with Gasteiger partial charge < -0.3 is 4.74 Å². The first-order valence-corrected chi connectivity index (χ1v) is 10.7. The second-order valence-corrected chi connectivity index (χ2v) is 8.36. The Balaban J connectivity index is 1.66. The van der Waals surface area contributed by atoms with E-state index in [0.29, 0.717) is 17.9 Å². The van der Waals surface area contributed by atoms with E-state index in [9.17, 15) is 14.0 Å². The molecule has 2 aliphatic rings. The molecule has 3 aromatic rings. The van der Waals surface area contributed by atoms with Gasteiger partial charge in [0, 0.05) is 23.2 Å². The van der Waals surface area contributed by atoms with Gasteiger partial charge in [-0.25, -0.2) is 9.18 Å². The number of para-hydroxylation sites is 1. The smallest absolute Gasteiger partial charge is 0.335 e. The molecule has 0 unspecified atom stereocenters. The van der Waals surface area contributed by atoms with E-state index in [2.05, 4.69) is 0 Å². The lowest BCUT2D eigenvalue weighted by Crippen LogP contribution is -2.67. The largest absolute Gasteiger partial charge is 0.467 e. The Morgan fingerprint density at radius 1 is 1.09 bits per heavy atom. The van der Waals surface area contributed by atoms with Crippen molar-refractivity contribution in [1.82, 2.24) is 4.90 Å². The van der Waals surface area contributed by atoms with Crippen molar-refractivity contribution in [2.24, 2.45) is 0 Å². The third-order valence-electron chi connectivity index (χ3n) is 6.25. The standard InChI is InChI=1S/C26H23FN2O3/c1-3-17-7-6-8-20(15-17)29-25(31)28(24(30)18-11-13-19(27)14-12-18)22-16-26(29,2)32-23-10-5-4-9-21(22)23/h4-15,22H,3,16H2,1-2H3/t22-,26-/m1/s1. The van der Waals surface area contributed by atoms with Crippen molar-refractivity contribution < 1.29 is 18.7 Å². The second-order valence-electron chi connectivity index (χ2n) is 8.36. The fraction of sp³-hybridized carbons (Fsp3) is 0.231. The van der Waals surface area contributed by atoms with Crippen LogP contribution in [0.4, 0.5) is 14.9 Å². The van der Waals surface area contributed by atoms with Crippen LogP contribution < -0.4 is 9.64 Å². The van der Waals surface area contributed by atoms with Crippen molar-refractivity contribution in [1.29, 1.82) is 0 Å². The monoisotopic (exact) mass is 430 g/mol. The fourth-order valence-corrected chi connectivity index (χ4v) is 4.67. The van der Waals surface area contributed by atoms with Gasteiger partial charge in [-0.1, -0.05) is 37.3 Å². The molecule has 0 spiro atoms. The van der Waals surface area contributed by atoms with E-state index in [4.69, 9.17) is 4.74 Å². The number of carbonyl (C=O) groups is 2. The van der Waals surface area contributed by atoms with Crippen LogP contribution in [-0.2, 0) is 6.42 Å². The average molecular weight is 430 g/mol. The van der Waals surface area contributed by atoms with Crippen LogP contribution in [-0.4, -0.2) is 22.6 Å². The summed E-state index contributed by atoms with van der Waals surface area (Å²) in [7, 11) is 0. The third-order valence-corrected chi connectivity index (χ3v) is 6.25. The van der Waals surface area contributed by atoms with Gasteiger partial charge in [0.05, 0.1) is 6.04 Å². The minimum atomic E-state index is -0.956. The van der Waals surface area contributed by atoms with Crippen LogP contribution in [0.15, 0.2) is 72.8 Å². The van der Waals surface area contributed by atoms with Crippen LogP contribution in [0, 0.1) is 5.82 Å². The summed E-state index contributed by atoms with van der Waals surface area (Å²) in [6, 6.07) is 19.5. The third kappa shape index (κ3) is 3.14. The maximum Gasteiger partial charge on any atom is 0.335 e. The van der Waals surface area contributed by atoms with E-state index >= 15 is 0 Å². The number of imide groups is 1. The second kappa shape index (κ2) is 7.48. The van der Waals surface area contributed by atoms with Crippen molar-refractivity contribution in [3.63, 3.8) is 0 Å². The van der Waals surface area contributed by atoms with Crippen molar-refractivity contribution in [2.45, 2.75) is 38.5 Å². The van der Waals surface area contributed by atoms with E-state index in [1.165, 1.54) is 29.2 Å². The van der Waals surface area contributed by atoms with Gasteiger partial charge in [0.25, 0.3) is 5.91 Å². The molecule has 6 heteroatoms. The maximum absolute atomic E-state index is 13.9. The van der Waals surface area contributed by atoms with Crippen LogP contribution in [0.5, 0.6) is 5.75 Å². The number of urea groups is 1. The fourth-order valence-electron chi connectivity index (χ4n) is 4.67. The summed E-state index contributed by atoms with van der Waals surface area (Å²) in [6.45, 7) is 3.93. The number of hydrogen-bond acceptors (Lipinski definition) is 3. The first-order chi connectivity index (χ1) is 15.4. The minimum absolute atomic E-state index is 0.259. The lowest BCUT2D eigenvalue weighted by atomic mass is 9.88. The zero-order chi connectivity index (χ0) is 22.5. The quantitative estimate of drug-likeness (QED) is 0.535. The predicted molar refractivity (Wildman–Crippen MR) is 119 cm³/mol. The summed E-state index contributed by atoms with van der Waals surface area (Å²) >= 11 is 0. The Morgan fingerprint density at radius 3 is 2.59 bits per heavy atom. The van der Waals surface area contributed by atoms with E-state index < -0.39 is 29.5 Å². The number of hydrogen-bond donors (Lipinski definition) is 0. The summed E-state index contributed by atoms with van der Waals surface area (Å²) in [6.07, 6.45) is 1.23. The van der Waals surface area contributed by atoms with E-state index in [1.54, 1.807) is 4.90 Å². The molecule has 3 amide bonds. The number of anilines is 1. The first-order valence-electron chi connectivity index (χ1n) is 10.7. The number of halogens is 1. The van der Waals surface area contributed by atoms with Crippen molar-refractivity contribution in [3.05, 3.63) is 95.3 Å². The molecule has 3 aromatic carbocycles. The van der Waals surface area contributed by atoms with Gasteiger partial charge in [0.1, 0.15) is 11.6 Å². The zero-order valence-electron chi connectivity index (χ0n) is 17.9. The van der Waals surface area contributed by atoms with Crippen LogP contribution in [0.3, 0.4) is 0 Å². The summed E-state index contributed by atoms with van der Waals surface area (Å²) in [5.41, 5.74) is 1.84. The Kier molecular flexibility index (Phi) is 4.73. The highest BCUT2D eigenvalue weighted by atomic mass is 19.1. The molecule has 2 bridgehead atoms. The van der Waals surface area contributed by atoms with Crippen LogP contribution >= 0.6 is 0 Å². The molecule has 1 saturated heterocycles. The predicted octanol–water partition coefficient (Wildman–Crippen LogP) is 5.71. The van der Waals surface area contributed by atoms with Crippen molar-refractivity contribution in [2.75, 3.05) is 4.90 Å².